The lowest BCUT2D eigenvalue weighted by Crippen LogP contribution is -2.41. The lowest BCUT2D eigenvalue weighted by Gasteiger charge is -2.35. The Hall–Kier alpha value is -2.34. The van der Waals surface area contributed by atoms with Gasteiger partial charge in [0.25, 0.3) is 5.91 Å². The van der Waals surface area contributed by atoms with Gasteiger partial charge in [-0.3, -0.25) is 9.59 Å². The molecule has 3 heterocycles. The Balaban J connectivity index is 1.37. The van der Waals surface area contributed by atoms with Crippen molar-refractivity contribution in [1.29, 1.82) is 0 Å². The highest BCUT2D eigenvalue weighted by Gasteiger charge is 2.30. The van der Waals surface area contributed by atoms with Gasteiger partial charge in [0.1, 0.15) is 5.75 Å². The van der Waals surface area contributed by atoms with E-state index < -0.39 is 0 Å². The van der Waals surface area contributed by atoms with E-state index in [-0.39, 0.29) is 24.5 Å². The molecule has 2 aliphatic heterocycles. The second-order valence-corrected chi connectivity index (χ2v) is 7.99. The second-order valence-electron chi connectivity index (χ2n) is 6.99. The Morgan fingerprint density at radius 3 is 2.70 bits per heavy atom. The number of benzene rings is 1. The number of fused-ring (bicyclic) bond motifs is 1. The number of carbonyl (C=O) groups is 2. The minimum absolute atomic E-state index is 0.0255. The molecular formula is C21H24N2O3S. The monoisotopic (exact) mass is 384 g/mol. The van der Waals surface area contributed by atoms with Crippen LogP contribution in [0.25, 0.3) is 0 Å². The predicted octanol–water partition coefficient (Wildman–Crippen LogP) is 3.79. The normalized spacial score (nSPS) is 19.3. The van der Waals surface area contributed by atoms with E-state index in [2.05, 4.69) is 18.4 Å². The molecule has 0 saturated carbocycles. The summed E-state index contributed by atoms with van der Waals surface area (Å²) < 4.78 is 5.74. The Kier molecular flexibility index (Phi) is 5.16. The molecule has 0 N–H and O–H groups in total. The molecule has 0 radical (unpaired) electrons. The molecule has 2 aliphatic rings. The van der Waals surface area contributed by atoms with Crippen molar-refractivity contribution in [2.24, 2.45) is 0 Å². The summed E-state index contributed by atoms with van der Waals surface area (Å²) in [5, 5.41) is 2.12. The van der Waals surface area contributed by atoms with E-state index in [9.17, 15) is 9.59 Å². The SMILES string of the molecule is CCC1c2ccsc2CCN1C(=O)COc1ccc(N2CCCC2=O)cc1. The Morgan fingerprint density at radius 2 is 2.00 bits per heavy atom. The van der Waals surface area contributed by atoms with Crippen molar-refractivity contribution in [2.45, 2.75) is 38.6 Å². The predicted molar refractivity (Wildman–Crippen MR) is 106 cm³/mol. The number of thiophene rings is 1. The highest BCUT2D eigenvalue weighted by atomic mass is 32.1. The molecule has 1 aromatic heterocycles. The number of hydrogen-bond acceptors (Lipinski definition) is 4. The number of amides is 2. The van der Waals surface area contributed by atoms with E-state index >= 15 is 0 Å². The van der Waals surface area contributed by atoms with Gasteiger partial charge in [0.2, 0.25) is 5.91 Å². The first-order valence-electron chi connectivity index (χ1n) is 9.56. The quantitative estimate of drug-likeness (QED) is 0.788. The Labute approximate surface area is 163 Å². The summed E-state index contributed by atoms with van der Waals surface area (Å²) in [5.41, 5.74) is 2.19. The average molecular weight is 385 g/mol. The van der Waals surface area contributed by atoms with Crippen LogP contribution in [0.3, 0.4) is 0 Å². The number of hydrogen-bond donors (Lipinski definition) is 0. The van der Waals surface area contributed by atoms with Gasteiger partial charge in [0, 0.05) is 30.1 Å². The van der Waals surface area contributed by atoms with Gasteiger partial charge in [0.05, 0.1) is 6.04 Å². The molecule has 4 rings (SSSR count). The Bertz CT molecular complexity index is 830. The molecule has 6 heteroatoms. The number of rotatable bonds is 5. The summed E-state index contributed by atoms with van der Waals surface area (Å²) >= 11 is 1.78. The van der Waals surface area contributed by atoms with Gasteiger partial charge in [-0.25, -0.2) is 0 Å². The zero-order valence-corrected chi connectivity index (χ0v) is 16.3. The first-order chi connectivity index (χ1) is 13.2. The molecule has 1 aromatic carbocycles. The van der Waals surface area contributed by atoms with E-state index in [0.717, 1.165) is 38.0 Å². The zero-order chi connectivity index (χ0) is 18.8. The molecule has 5 nitrogen and oxygen atoms in total. The van der Waals surface area contributed by atoms with Crippen LogP contribution in [0.15, 0.2) is 35.7 Å². The summed E-state index contributed by atoms with van der Waals surface area (Å²) in [6.45, 7) is 3.69. The third kappa shape index (κ3) is 3.58. The van der Waals surface area contributed by atoms with Crippen molar-refractivity contribution < 1.29 is 14.3 Å². The molecule has 1 fully saturated rings. The maximum atomic E-state index is 12.7. The van der Waals surface area contributed by atoms with Gasteiger partial charge < -0.3 is 14.5 Å². The summed E-state index contributed by atoms with van der Waals surface area (Å²) in [4.78, 5) is 29.7. The molecule has 0 bridgehead atoms. The molecule has 2 aromatic rings. The summed E-state index contributed by atoms with van der Waals surface area (Å²) in [6, 6.07) is 9.73. The lowest BCUT2D eigenvalue weighted by molar-refractivity contribution is -0.136. The van der Waals surface area contributed by atoms with Crippen molar-refractivity contribution in [3.63, 3.8) is 0 Å². The van der Waals surface area contributed by atoms with Crippen molar-refractivity contribution >= 4 is 28.8 Å². The summed E-state index contributed by atoms with van der Waals surface area (Å²) in [7, 11) is 0. The topological polar surface area (TPSA) is 49.9 Å². The molecule has 142 valence electrons. The van der Waals surface area contributed by atoms with Gasteiger partial charge in [-0.15, -0.1) is 11.3 Å². The van der Waals surface area contributed by atoms with E-state index in [1.807, 2.05) is 29.2 Å². The number of ether oxygens (including phenoxy) is 1. The van der Waals surface area contributed by atoms with Crippen molar-refractivity contribution in [2.75, 3.05) is 24.6 Å². The first kappa shape index (κ1) is 18.0. The van der Waals surface area contributed by atoms with Crippen LogP contribution in [-0.4, -0.2) is 36.4 Å². The molecule has 27 heavy (non-hydrogen) atoms. The third-order valence-corrected chi connectivity index (χ3v) is 6.38. The molecule has 0 spiro atoms. The van der Waals surface area contributed by atoms with Crippen molar-refractivity contribution in [1.82, 2.24) is 4.90 Å². The van der Waals surface area contributed by atoms with Gasteiger partial charge in [-0.1, -0.05) is 6.92 Å². The largest absolute Gasteiger partial charge is 0.484 e. The molecule has 2 amide bonds. The summed E-state index contributed by atoms with van der Waals surface area (Å²) in [6.07, 6.45) is 3.36. The summed E-state index contributed by atoms with van der Waals surface area (Å²) in [5.74, 6) is 0.847. The van der Waals surface area contributed by atoms with Crippen LogP contribution in [0.1, 0.15) is 42.7 Å². The maximum absolute atomic E-state index is 12.7. The average Bonchev–Trinajstić information content (AvgIpc) is 3.34. The van der Waals surface area contributed by atoms with Crippen LogP contribution >= 0.6 is 11.3 Å². The smallest absolute Gasteiger partial charge is 0.261 e. The minimum Gasteiger partial charge on any atom is -0.484 e. The van der Waals surface area contributed by atoms with Gasteiger partial charge >= 0.3 is 0 Å². The molecule has 1 atom stereocenters. The number of anilines is 1. The second kappa shape index (κ2) is 7.72. The van der Waals surface area contributed by atoms with Crippen LogP contribution in [0.2, 0.25) is 0 Å². The van der Waals surface area contributed by atoms with Gasteiger partial charge in [-0.05, 0) is 60.5 Å². The fourth-order valence-corrected chi connectivity index (χ4v) is 4.93. The highest BCUT2D eigenvalue weighted by Crippen LogP contribution is 2.35. The van der Waals surface area contributed by atoms with E-state index in [0.29, 0.717) is 12.2 Å². The van der Waals surface area contributed by atoms with Gasteiger partial charge in [-0.2, -0.15) is 0 Å². The lowest BCUT2D eigenvalue weighted by atomic mass is 9.98. The number of nitrogens with zero attached hydrogens (tertiary/aromatic N) is 2. The van der Waals surface area contributed by atoms with E-state index in [1.165, 1.54) is 10.4 Å². The van der Waals surface area contributed by atoms with Crippen LogP contribution in [-0.2, 0) is 16.0 Å². The molecule has 1 saturated heterocycles. The number of carbonyl (C=O) groups excluding carboxylic acids is 2. The van der Waals surface area contributed by atoms with Gasteiger partial charge in [0.15, 0.2) is 6.61 Å². The maximum Gasteiger partial charge on any atom is 0.261 e. The first-order valence-corrected chi connectivity index (χ1v) is 10.4. The molecular weight excluding hydrogens is 360 g/mol. The van der Waals surface area contributed by atoms with Crippen LogP contribution in [0, 0.1) is 0 Å². The third-order valence-electron chi connectivity index (χ3n) is 5.39. The minimum atomic E-state index is 0.0255. The van der Waals surface area contributed by atoms with E-state index in [1.54, 1.807) is 16.2 Å². The fourth-order valence-electron chi connectivity index (χ4n) is 4.01. The molecule has 1 unspecified atom stereocenters. The Morgan fingerprint density at radius 1 is 1.19 bits per heavy atom. The van der Waals surface area contributed by atoms with Crippen LogP contribution in [0.4, 0.5) is 5.69 Å². The molecule has 0 aliphatic carbocycles. The zero-order valence-electron chi connectivity index (χ0n) is 15.5. The van der Waals surface area contributed by atoms with Crippen LogP contribution < -0.4 is 9.64 Å². The van der Waals surface area contributed by atoms with Crippen LogP contribution in [0.5, 0.6) is 5.75 Å². The standard InChI is InChI=1S/C21H24N2O3S/c1-2-18-17-10-13-27-19(17)9-12-23(18)21(25)14-26-16-7-5-15(6-8-16)22-11-3-4-20(22)24/h5-8,10,13,18H,2-4,9,11-12,14H2,1H3. The van der Waals surface area contributed by atoms with Crippen molar-refractivity contribution in [3.8, 4) is 5.75 Å². The fraction of sp³-hybridized carbons (Fsp3) is 0.429. The van der Waals surface area contributed by atoms with Crippen molar-refractivity contribution in [3.05, 3.63) is 46.2 Å². The van der Waals surface area contributed by atoms with E-state index in [4.69, 9.17) is 4.74 Å². The highest BCUT2D eigenvalue weighted by molar-refractivity contribution is 7.10.